The lowest BCUT2D eigenvalue weighted by molar-refractivity contribution is -0.106. The zero-order valence-corrected chi connectivity index (χ0v) is 10.6. The number of piperidine rings is 1. The van der Waals surface area contributed by atoms with E-state index in [1.807, 2.05) is 0 Å². The highest BCUT2D eigenvalue weighted by Crippen LogP contribution is 2.28. The molecule has 0 aromatic heterocycles. The van der Waals surface area contributed by atoms with Crippen LogP contribution in [0.4, 0.5) is 0 Å². The first-order valence-electron chi connectivity index (χ1n) is 6.21. The number of methoxy groups -OCH3 is 2. The summed E-state index contributed by atoms with van der Waals surface area (Å²) in [5.74, 6) is 0.672. The van der Waals surface area contributed by atoms with Crippen molar-refractivity contribution in [2.75, 3.05) is 27.3 Å². The first-order chi connectivity index (χ1) is 8.35. The van der Waals surface area contributed by atoms with Crippen molar-refractivity contribution in [1.29, 1.82) is 0 Å². The highest BCUT2D eigenvalue weighted by Gasteiger charge is 2.17. The number of benzene rings is 1. The van der Waals surface area contributed by atoms with Crippen LogP contribution >= 0.6 is 0 Å². The fraction of sp³-hybridized carbons (Fsp3) is 0.571. The van der Waals surface area contributed by atoms with Crippen molar-refractivity contribution in [2.24, 2.45) is 0 Å². The molecule has 0 spiro atoms. The van der Waals surface area contributed by atoms with Gasteiger partial charge in [0, 0.05) is 19.8 Å². The summed E-state index contributed by atoms with van der Waals surface area (Å²) in [5.41, 5.74) is 2.51. The van der Waals surface area contributed by atoms with E-state index in [4.69, 9.17) is 9.47 Å². The lowest BCUT2D eigenvalue weighted by Gasteiger charge is -2.24. The van der Waals surface area contributed by atoms with Gasteiger partial charge < -0.3 is 14.8 Å². The van der Waals surface area contributed by atoms with Gasteiger partial charge in [0.15, 0.2) is 6.29 Å². The van der Waals surface area contributed by atoms with Crippen LogP contribution in [-0.4, -0.2) is 27.3 Å². The number of hydrogen-bond donors (Lipinski definition) is 1. The highest BCUT2D eigenvalue weighted by atomic mass is 16.7. The average molecular weight is 235 g/mol. The Balaban J connectivity index is 2.15. The number of hydrogen-bond acceptors (Lipinski definition) is 3. The predicted molar refractivity (Wildman–Crippen MR) is 68.0 cm³/mol. The summed E-state index contributed by atoms with van der Waals surface area (Å²) in [7, 11) is 3.34. The topological polar surface area (TPSA) is 30.5 Å². The molecule has 1 aliphatic heterocycles. The van der Waals surface area contributed by atoms with E-state index < -0.39 is 0 Å². The molecular weight excluding hydrogens is 214 g/mol. The zero-order valence-electron chi connectivity index (χ0n) is 10.6. The van der Waals surface area contributed by atoms with Crippen LogP contribution in [0.2, 0.25) is 0 Å². The third kappa shape index (κ3) is 3.06. The fourth-order valence-electron chi connectivity index (χ4n) is 2.48. The molecule has 0 bridgehead atoms. The summed E-state index contributed by atoms with van der Waals surface area (Å²) in [6.45, 7) is 2.24. The van der Waals surface area contributed by atoms with Gasteiger partial charge in [0.25, 0.3) is 0 Å². The molecule has 0 amide bonds. The van der Waals surface area contributed by atoms with E-state index in [0.29, 0.717) is 5.92 Å². The second kappa shape index (κ2) is 6.15. The van der Waals surface area contributed by atoms with Crippen molar-refractivity contribution in [3.05, 3.63) is 35.4 Å². The largest absolute Gasteiger partial charge is 0.352 e. The van der Waals surface area contributed by atoms with Crippen LogP contribution in [0.1, 0.15) is 36.2 Å². The predicted octanol–water partition coefficient (Wildman–Crippen LogP) is 2.45. The van der Waals surface area contributed by atoms with Crippen LogP contribution in [0.3, 0.4) is 0 Å². The van der Waals surface area contributed by atoms with Crippen LogP contribution in [0, 0.1) is 0 Å². The maximum Gasteiger partial charge on any atom is 0.183 e. The van der Waals surface area contributed by atoms with E-state index in [0.717, 1.165) is 18.7 Å². The van der Waals surface area contributed by atoms with Crippen molar-refractivity contribution in [2.45, 2.75) is 25.0 Å². The van der Waals surface area contributed by atoms with Gasteiger partial charge in [-0.25, -0.2) is 0 Å². The molecule has 17 heavy (non-hydrogen) atoms. The molecule has 1 aliphatic rings. The Hall–Kier alpha value is -0.900. The normalized spacial score (nSPS) is 17.6. The Morgan fingerprint density at radius 2 is 1.88 bits per heavy atom. The van der Waals surface area contributed by atoms with E-state index in [2.05, 4.69) is 29.6 Å². The van der Waals surface area contributed by atoms with Crippen LogP contribution in [0.15, 0.2) is 24.3 Å². The molecule has 1 fully saturated rings. The summed E-state index contributed by atoms with van der Waals surface area (Å²) in [6.07, 6.45) is 2.18. The minimum Gasteiger partial charge on any atom is -0.352 e. The molecule has 1 heterocycles. The molecule has 2 rings (SSSR count). The Morgan fingerprint density at radius 1 is 1.18 bits per heavy atom. The van der Waals surface area contributed by atoms with Crippen LogP contribution in [-0.2, 0) is 9.47 Å². The lowest BCUT2D eigenvalue weighted by atomic mass is 9.89. The van der Waals surface area contributed by atoms with E-state index in [9.17, 15) is 0 Å². The third-order valence-corrected chi connectivity index (χ3v) is 3.42. The van der Waals surface area contributed by atoms with E-state index >= 15 is 0 Å². The SMILES string of the molecule is COC(OC)c1cccc(C2CCNCC2)c1. The fourth-order valence-corrected chi connectivity index (χ4v) is 2.48. The molecule has 3 nitrogen and oxygen atoms in total. The first-order valence-corrected chi connectivity index (χ1v) is 6.21. The number of rotatable bonds is 4. The van der Waals surface area contributed by atoms with Gasteiger partial charge in [0.1, 0.15) is 0 Å². The van der Waals surface area contributed by atoms with Crippen LogP contribution < -0.4 is 5.32 Å². The van der Waals surface area contributed by atoms with Gasteiger partial charge in [-0.2, -0.15) is 0 Å². The van der Waals surface area contributed by atoms with Gasteiger partial charge in [-0.05, 0) is 37.4 Å². The van der Waals surface area contributed by atoms with Gasteiger partial charge in [-0.3, -0.25) is 0 Å². The lowest BCUT2D eigenvalue weighted by Crippen LogP contribution is -2.26. The van der Waals surface area contributed by atoms with Gasteiger partial charge >= 0.3 is 0 Å². The van der Waals surface area contributed by atoms with E-state index in [1.165, 1.54) is 18.4 Å². The van der Waals surface area contributed by atoms with Gasteiger partial charge in [-0.1, -0.05) is 24.3 Å². The molecular formula is C14H21NO2. The van der Waals surface area contributed by atoms with Crippen molar-refractivity contribution in [3.63, 3.8) is 0 Å². The molecule has 1 aromatic carbocycles. The summed E-state index contributed by atoms with van der Waals surface area (Å²) in [6, 6.07) is 8.58. The second-order valence-electron chi connectivity index (χ2n) is 4.50. The summed E-state index contributed by atoms with van der Waals surface area (Å²) in [4.78, 5) is 0. The smallest absolute Gasteiger partial charge is 0.183 e. The molecule has 1 saturated heterocycles. The molecule has 0 unspecified atom stereocenters. The minimum absolute atomic E-state index is 0.253. The monoisotopic (exact) mass is 235 g/mol. The van der Waals surface area contributed by atoms with Crippen molar-refractivity contribution >= 4 is 0 Å². The Bertz CT molecular complexity index is 344. The molecule has 1 N–H and O–H groups in total. The van der Waals surface area contributed by atoms with Crippen molar-refractivity contribution in [3.8, 4) is 0 Å². The third-order valence-electron chi connectivity index (χ3n) is 3.42. The standard InChI is InChI=1S/C14H21NO2/c1-16-14(17-2)13-5-3-4-12(10-13)11-6-8-15-9-7-11/h3-5,10-11,14-15H,6-9H2,1-2H3. The number of nitrogens with one attached hydrogen (secondary N) is 1. The van der Waals surface area contributed by atoms with E-state index in [1.54, 1.807) is 14.2 Å². The quantitative estimate of drug-likeness (QED) is 0.813. The van der Waals surface area contributed by atoms with Crippen LogP contribution in [0.25, 0.3) is 0 Å². The summed E-state index contributed by atoms with van der Waals surface area (Å²) < 4.78 is 10.6. The van der Waals surface area contributed by atoms with E-state index in [-0.39, 0.29) is 6.29 Å². The number of ether oxygens (including phenoxy) is 2. The average Bonchev–Trinajstić information content (AvgIpc) is 2.42. The van der Waals surface area contributed by atoms with Gasteiger partial charge in [0.2, 0.25) is 0 Å². The summed E-state index contributed by atoms with van der Waals surface area (Å²) >= 11 is 0. The molecule has 0 atom stereocenters. The van der Waals surface area contributed by atoms with Gasteiger partial charge in [-0.15, -0.1) is 0 Å². The molecule has 94 valence electrons. The van der Waals surface area contributed by atoms with Crippen LogP contribution in [0.5, 0.6) is 0 Å². The molecule has 1 aromatic rings. The Kier molecular flexibility index (Phi) is 4.54. The van der Waals surface area contributed by atoms with Gasteiger partial charge in [0.05, 0.1) is 0 Å². The maximum absolute atomic E-state index is 5.29. The minimum atomic E-state index is -0.253. The second-order valence-corrected chi connectivity index (χ2v) is 4.50. The molecule has 0 radical (unpaired) electrons. The zero-order chi connectivity index (χ0) is 12.1. The summed E-state index contributed by atoms with van der Waals surface area (Å²) in [5, 5.41) is 3.39. The van der Waals surface area contributed by atoms with Crippen molar-refractivity contribution in [1.82, 2.24) is 5.32 Å². The Morgan fingerprint density at radius 3 is 2.53 bits per heavy atom. The maximum atomic E-state index is 5.29. The molecule has 3 heteroatoms. The Labute approximate surface area is 103 Å². The molecule has 0 saturated carbocycles. The van der Waals surface area contributed by atoms with Crippen molar-refractivity contribution < 1.29 is 9.47 Å². The first kappa shape index (κ1) is 12.6. The molecule has 0 aliphatic carbocycles. The highest BCUT2D eigenvalue weighted by molar-refractivity contribution is 5.27.